The largest absolute Gasteiger partial charge is 0.493 e. The summed E-state index contributed by atoms with van der Waals surface area (Å²) < 4.78 is 36.4. The summed E-state index contributed by atoms with van der Waals surface area (Å²) in [7, 11) is -2.72. The number of rotatable bonds is 5. The molecule has 0 spiro atoms. The first-order valence-corrected chi connectivity index (χ1v) is 11.3. The molecule has 1 aliphatic rings. The molecular formula is C17H11BrClNO5S3. The van der Waals surface area contributed by atoms with Crippen molar-refractivity contribution in [2.45, 2.75) is 4.90 Å². The standard InChI is InChI=1S/C17H11BrClNO5S3/c1-24-13-7-9(8-14-16(21)20-17(26)27-14)6-12(18)15(13)25-28(22,23)11-4-2-10(19)3-5-11/h2-8H,1H3,(H,20,21,26)/b14-8-. The Morgan fingerprint density at radius 3 is 2.50 bits per heavy atom. The Balaban J connectivity index is 1.96. The minimum atomic E-state index is -4.11. The van der Waals surface area contributed by atoms with Crippen molar-refractivity contribution in [3.8, 4) is 11.5 Å². The lowest BCUT2D eigenvalue weighted by Gasteiger charge is -2.13. The van der Waals surface area contributed by atoms with Gasteiger partial charge in [-0.3, -0.25) is 4.79 Å². The molecular weight excluding hydrogens is 510 g/mol. The molecule has 0 atom stereocenters. The number of halogens is 2. The third kappa shape index (κ3) is 4.69. The summed E-state index contributed by atoms with van der Waals surface area (Å²) >= 11 is 15.2. The van der Waals surface area contributed by atoms with Crippen molar-refractivity contribution in [2.24, 2.45) is 0 Å². The first kappa shape index (κ1) is 21.1. The van der Waals surface area contributed by atoms with E-state index in [4.69, 9.17) is 32.7 Å². The van der Waals surface area contributed by atoms with Crippen LogP contribution < -0.4 is 14.2 Å². The number of benzene rings is 2. The van der Waals surface area contributed by atoms with Crippen LogP contribution in [0.2, 0.25) is 5.02 Å². The summed E-state index contributed by atoms with van der Waals surface area (Å²) in [6.45, 7) is 0. The van der Waals surface area contributed by atoms with Gasteiger partial charge in [0.15, 0.2) is 11.5 Å². The summed E-state index contributed by atoms with van der Waals surface area (Å²) in [5, 5.41) is 2.93. The average molecular weight is 521 g/mol. The van der Waals surface area contributed by atoms with Crippen molar-refractivity contribution < 1.29 is 22.1 Å². The number of nitrogens with one attached hydrogen (secondary N) is 1. The summed E-state index contributed by atoms with van der Waals surface area (Å²) in [4.78, 5) is 12.2. The van der Waals surface area contributed by atoms with Crippen molar-refractivity contribution in [3.05, 3.63) is 56.4 Å². The smallest absolute Gasteiger partial charge is 0.339 e. The third-order valence-corrected chi connectivity index (χ3v) is 6.73. The Labute approximate surface area is 184 Å². The van der Waals surface area contributed by atoms with Gasteiger partial charge >= 0.3 is 10.1 Å². The highest BCUT2D eigenvalue weighted by Gasteiger charge is 2.24. The zero-order valence-electron chi connectivity index (χ0n) is 14.1. The summed E-state index contributed by atoms with van der Waals surface area (Å²) in [6, 6.07) is 8.75. The second-order valence-electron chi connectivity index (χ2n) is 5.38. The Morgan fingerprint density at radius 1 is 1.25 bits per heavy atom. The fourth-order valence-corrected chi connectivity index (χ4v) is 5.01. The molecule has 28 heavy (non-hydrogen) atoms. The lowest BCUT2D eigenvalue weighted by Crippen LogP contribution is -2.17. The lowest BCUT2D eigenvalue weighted by molar-refractivity contribution is -0.115. The number of ether oxygens (including phenoxy) is 1. The fraction of sp³-hybridized carbons (Fsp3) is 0.0588. The number of thioether (sulfide) groups is 1. The zero-order valence-corrected chi connectivity index (χ0v) is 18.9. The monoisotopic (exact) mass is 519 g/mol. The molecule has 0 aromatic heterocycles. The molecule has 0 aliphatic carbocycles. The van der Waals surface area contributed by atoms with Crippen molar-refractivity contribution >= 4 is 77.9 Å². The van der Waals surface area contributed by atoms with Crippen LogP contribution in [0.25, 0.3) is 6.08 Å². The molecule has 146 valence electrons. The molecule has 0 unspecified atom stereocenters. The first-order chi connectivity index (χ1) is 13.2. The number of carbonyl (C=O) groups excluding carboxylic acids is 1. The van der Waals surface area contributed by atoms with Crippen LogP contribution in [-0.4, -0.2) is 25.8 Å². The minimum Gasteiger partial charge on any atom is -0.493 e. The summed E-state index contributed by atoms with van der Waals surface area (Å²) in [6.07, 6.45) is 1.62. The highest BCUT2D eigenvalue weighted by atomic mass is 79.9. The Morgan fingerprint density at radius 2 is 1.93 bits per heavy atom. The molecule has 0 radical (unpaired) electrons. The van der Waals surface area contributed by atoms with Gasteiger partial charge in [0, 0.05) is 5.02 Å². The number of hydrogen-bond acceptors (Lipinski definition) is 7. The van der Waals surface area contributed by atoms with Crippen molar-refractivity contribution in [1.29, 1.82) is 0 Å². The molecule has 0 saturated carbocycles. The molecule has 1 N–H and O–H groups in total. The maximum Gasteiger partial charge on any atom is 0.339 e. The maximum atomic E-state index is 12.6. The molecule has 0 bridgehead atoms. The van der Waals surface area contributed by atoms with Gasteiger partial charge in [-0.2, -0.15) is 8.42 Å². The highest BCUT2D eigenvalue weighted by Crippen LogP contribution is 2.39. The Hall–Kier alpha value is -1.59. The fourth-order valence-electron chi connectivity index (χ4n) is 2.24. The summed E-state index contributed by atoms with van der Waals surface area (Å²) in [5.74, 6) is -0.140. The third-order valence-electron chi connectivity index (χ3n) is 3.49. The van der Waals surface area contributed by atoms with Gasteiger partial charge in [0.25, 0.3) is 5.91 Å². The predicted molar refractivity (Wildman–Crippen MR) is 116 cm³/mol. The van der Waals surface area contributed by atoms with Gasteiger partial charge in [-0.25, -0.2) is 0 Å². The van der Waals surface area contributed by atoms with Gasteiger partial charge in [-0.05, 0) is 64.0 Å². The number of carbonyl (C=O) groups is 1. The van der Waals surface area contributed by atoms with Crippen LogP contribution in [0.1, 0.15) is 5.56 Å². The zero-order chi connectivity index (χ0) is 20.5. The van der Waals surface area contributed by atoms with Crippen LogP contribution in [-0.2, 0) is 14.9 Å². The molecule has 1 aliphatic heterocycles. The number of methoxy groups -OCH3 is 1. The molecule has 1 fully saturated rings. The van der Waals surface area contributed by atoms with Crippen molar-refractivity contribution in [3.63, 3.8) is 0 Å². The highest BCUT2D eigenvalue weighted by molar-refractivity contribution is 9.10. The predicted octanol–water partition coefficient (Wildman–Crippen LogP) is 4.37. The molecule has 1 heterocycles. The Kier molecular flexibility index (Phi) is 6.35. The van der Waals surface area contributed by atoms with E-state index in [1.165, 1.54) is 31.4 Å². The average Bonchev–Trinajstić information content (AvgIpc) is 2.94. The second kappa shape index (κ2) is 8.42. The first-order valence-electron chi connectivity index (χ1n) is 7.52. The minimum absolute atomic E-state index is 0.0151. The van der Waals surface area contributed by atoms with E-state index in [1.807, 2.05) is 0 Å². The van der Waals surface area contributed by atoms with E-state index >= 15 is 0 Å². The molecule has 1 amide bonds. The number of thiocarbonyl (C=S) groups is 1. The second-order valence-corrected chi connectivity index (χ2v) is 9.93. The normalized spacial score (nSPS) is 15.6. The van der Waals surface area contributed by atoms with Gasteiger partial charge in [0.1, 0.15) is 9.22 Å². The molecule has 6 nitrogen and oxygen atoms in total. The van der Waals surface area contributed by atoms with Crippen molar-refractivity contribution in [2.75, 3.05) is 7.11 Å². The molecule has 2 aromatic rings. The van der Waals surface area contributed by atoms with E-state index in [0.717, 1.165) is 11.8 Å². The van der Waals surface area contributed by atoms with Crippen molar-refractivity contribution in [1.82, 2.24) is 5.32 Å². The van der Waals surface area contributed by atoms with Gasteiger partial charge in [-0.1, -0.05) is 35.6 Å². The lowest BCUT2D eigenvalue weighted by atomic mass is 10.2. The van der Waals surface area contributed by atoms with E-state index in [0.29, 0.717) is 24.3 Å². The van der Waals surface area contributed by atoms with Crippen LogP contribution in [0.5, 0.6) is 11.5 Å². The van der Waals surface area contributed by atoms with Crippen LogP contribution >= 0.6 is 51.5 Å². The van der Waals surface area contributed by atoms with E-state index < -0.39 is 10.1 Å². The van der Waals surface area contributed by atoms with Crippen LogP contribution in [0, 0.1) is 0 Å². The maximum absolute atomic E-state index is 12.6. The topological polar surface area (TPSA) is 81.7 Å². The number of amides is 1. The summed E-state index contributed by atoms with van der Waals surface area (Å²) in [5.41, 5.74) is 0.599. The van der Waals surface area contributed by atoms with Crippen LogP contribution in [0.15, 0.2) is 50.7 Å². The van der Waals surface area contributed by atoms with Crippen LogP contribution in [0.3, 0.4) is 0 Å². The number of hydrogen-bond donors (Lipinski definition) is 1. The Bertz CT molecular complexity index is 1100. The SMILES string of the molecule is COc1cc(/C=C2\SC(=S)NC2=O)cc(Br)c1OS(=O)(=O)c1ccc(Cl)cc1. The van der Waals surface area contributed by atoms with E-state index in [9.17, 15) is 13.2 Å². The molecule has 2 aromatic carbocycles. The van der Waals surface area contributed by atoms with E-state index in [2.05, 4.69) is 21.2 Å². The van der Waals surface area contributed by atoms with Gasteiger partial charge in [0.05, 0.1) is 16.5 Å². The van der Waals surface area contributed by atoms with Gasteiger partial charge < -0.3 is 14.2 Å². The quantitative estimate of drug-likeness (QED) is 0.356. The van der Waals surface area contributed by atoms with E-state index in [-0.39, 0.29) is 22.3 Å². The van der Waals surface area contributed by atoms with E-state index in [1.54, 1.807) is 18.2 Å². The van der Waals surface area contributed by atoms with Gasteiger partial charge in [0.2, 0.25) is 0 Å². The molecule has 3 rings (SSSR count). The molecule has 11 heteroatoms. The van der Waals surface area contributed by atoms with Gasteiger partial charge in [-0.15, -0.1) is 0 Å². The molecule has 1 saturated heterocycles. The van der Waals surface area contributed by atoms with Crippen LogP contribution in [0.4, 0.5) is 0 Å².